The summed E-state index contributed by atoms with van der Waals surface area (Å²) in [6.07, 6.45) is 1.75. The number of carbonyl (C=O) groups excluding carboxylic acids is 1. The lowest BCUT2D eigenvalue weighted by Crippen LogP contribution is -2.30. The van der Waals surface area contributed by atoms with Crippen LogP contribution in [0, 0.1) is 0 Å². The van der Waals surface area contributed by atoms with Crippen LogP contribution in [-0.2, 0) is 0 Å². The number of hydrogen-bond acceptors (Lipinski definition) is 3. The van der Waals surface area contributed by atoms with Gasteiger partial charge in [0.15, 0.2) is 0 Å². The van der Waals surface area contributed by atoms with Crippen LogP contribution >= 0.6 is 0 Å². The van der Waals surface area contributed by atoms with E-state index in [-0.39, 0.29) is 11.9 Å². The second kappa shape index (κ2) is 7.01. The van der Waals surface area contributed by atoms with Gasteiger partial charge in [0.25, 0.3) is 5.91 Å². The molecule has 0 aliphatic rings. The molecule has 1 unspecified atom stereocenters. The minimum absolute atomic E-state index is 0.0398. The maximum Gasteiger partial charge on any atom is 0.251 e. The minimum Gasteiger partial charge on any atom is -0.378 e. The lowest BCUT2D eigenvalue weighted by atomic mass is 10.1. The van der Waals surface area contributed by atoms with E-state index in [1.54, 1.807) is 0 Å². The van der Waals surface area contributed by atoms with E-state index in [0.717, 1.165) is 18.5 Å². The summed E-state index contributed by atoms with van der Waals surface area (Å²) in [4.78, 5) is 13.9. The molecule has 0 saturated heterocycles. The molecule has 0 saturated carbocycles. The van der Waals surface area contributed by atoms with E-state index in [0.29, 0.717) is 12.1 Å². The summed E-state index contributed by atoms with van der Waals surface area (Å²) in [7, 11) is 3.91. The molecular formula is C14H23N3O. The molecule has 0 aromatic heterocycles. The normalized spacial score (nSPS) is 12.0. The maximum atomic E-state index is 11.9. The lowest BCUT2D eigenvalue weighted by Gasteiger charge is -2.14. The van der Waals surface area contributed by atoms with Crippen molar-refractivity contribution in [3.05, 3.63) is 29.8 Å². The average molecular weight is 249 g/mol. The van der Waals surface area contributed by atoms with Gasteiger partial charge in [0, 0.05) is 37.9 Å². The third-order valence-corrected chi connectivity index (χ3v) is 2.95. The molecule has 1 atom stereocenters. The van der Waals surface area contributed by atoms with Gasteiger partial charge in [-0.25, -0.2) is 0 Å². The van der Waals surface area contributed by atoms with E-state index < -0.39 is 0 Å². The number of nitrogens with one attached hydrogen (secondary N) is 1. The van der Waals surface area contributed by atoms with Gasteiger partial charge in [-0.1, -0.05) is 13.0 Å². The topological polar surface area (TPSA) is 58.4 Å². The van der Waals surface area contributed by atoms with Crippen LogP contribution in [0.4, 0.5) is 5.69 Å². The van der Waals surface area contributed by atoms with Gasteiger partial charge in [-0.2, -0.15) is 0 Å². The fourth-order valence-corrected chi connectivity index (χ4v) is 1.60. The predicted octanol–water partition coefficient (Wildman–Crippen LogP) is 1.61. The Morgan fingerprint density at radius 1 is 1.44 bits per heavy atom. The van der Waals surface area contributed by atoms with E-state index in [9.17, 15) is 4.79 Å². The first-order valence-electron chi connectivity index (χ1n) is 6.35. The summed E-state index contributed by atoms with van der Waals surface area (Å²) in [6.45, 7) is 2.67. The molecule has 1 aromatic rings. The van der Waals surface area contributed by atoms with Crippen LogP contribution in [0.5, 0.6) is 0 Å². The van der Waals surface area contributed by atoms with Crippen LogP contribution in [0.2, 0.25) is 0 Å². The molecule has 18 heavy (non-hydrogen) atoms. The van der Waals surface area contributed by atoms with Crippen molar-refractivity contribution < 1.29 is 4.79 Å². The van der Waals surface area contributed by atoms with Crippen molar-refractivity contribution in [1.29, 1.82) is 0 Å². The molecule has 0 fully saturated rings. The summed E-state index contributed by atoms with van der Waals surface area (Å²) >= 11 is 0. The second-order valence-electron chi connectivity index (χ2n) is 4.66. The molecule has 4 heteroatoms. The smallest absolute Gasteiger partial charge is 0.251 e. The van der Waals surface area contributed by atoms with Crippen molar-refractivity contribution >= 4 is 11.6 Å². The Morgan fingerprint density at radius 2 is 2.17 bits per heavy atom. The van der Waals surface area contributed by atoms with Crippen LogP contribution in [0.25, 0.3) is 0 Å². The van der Waals surface area contributed by atoms with Gasteiger partial charge < -0.3 is 16.0 Å². The zero-order chi connectivity index (χ0) is 13.5. The molecule has 100 valence electrons. The predicted molar refractivity (Wildman–Crippen MR) is 76.0 cm³/mol. The van der Waals surface area contributed by atoms with Crippen LogP contribution in [0.15, 0.2) is 24.3 Å². The average Bonchev–Trinajstić information content (AvgIpc) is 2.38. The third-order valence-electron chi connectivity index (χ3n) is 2.95. The lowest BCUT2D eigenvalue weighted by molar-refractivity contribution is 0.0952. The molecule has 0 aliphatic carbocycles. The Hall–Kier alpha value is -1.55. The fraction of sp³-hybridized carbons (Fsp3) is 0.500. The standard InChI is InChI=1S/C14H23N3O/c1-4-12(15)8-9-16-14(18)11-6-5-7-13(10-11)17(2)3/h5-7,10,12H,4,8-9,15H2,1-3H3,(H,16,18). The molecule has 1 rings (SSSR count). The Kier molecular flexibility index (Phi) is 5.65. The number of hydrogen-bond donors (Lipinski definition) is 2. The Balaban J connectivity index is 2.53. The maximum absolute atomic E-state index is 11.9. The van der Waals surface area contributed by atoms with Gasteiger partial charge in [0.1, 0.15) is 0 Å². The van der Waals surface area contributed by atoms with E-state index in [4.69, 9.17) is 5.73 Å². The minimum atomic E-state index is -0.0398. The Labute approximate surface area is 109 Å². The van der Waals surface area contributed by atoms with Gasteiger partial charge >= 0.3 is 0 Å². The number of carbonyl (C=O) groups is 1. The zero-order valence-electron chi connectivity index (χ0n) is 11.4. The third kappa shape index (κ3) is 4.37. The highest BCUT2D eigenvalue weighted by atomic mass is 16.1. The number of nitrogens with two attached hydrogens (primary N) is 1. The van der Waals surface area contributed by atoms with Gasteiger partial charge in [-0.05, 0) is 31.0 Å². The summed E-state index contributed by atoms with van der Waals surface area (Å²) in [6, 6.07) is 7.74. The van der Waals surface area contributed by atoms with Gasteiger partial charge in [-0.3, -0.25) is 4.79 Å². The number of amides is 1. The Bertz CT molecular complexity index is 390. The van der Waals surface area contributed by atoms with Gasteiger partial charge in [-0.15, -0.1) is 0 Å². The number of nitrogens with zero attached hydrogens (tertiary/aromatic N) is 1. The number of benzene rings is 1. The molecule has 4 nitrogen and oxygen atoms in total. The zero-order valence-corrected chi connectivity index (χ0v) is 11.4. The highest BCUT2D eigenvalue weighted by Gasteiger charge is 2.07. The van der Waals surface area contributed by atoms with Crippen molar-refractivity contribution in [2.75, 3.05) is 25.5 Å². The monoisotopic (exact) mass is 249 g/mol. The van der Waals surface area contributed by atoms with Crippen molar-refractivity contribution in [2.45, 2.75) is 25.8 Å². The van der Waals surface area contributed by atoms with Crippen LogP contribution in [-0.4, -0.2) is 32.6 Å². The first-order valence-corrected chi connectivity index (χ1v) is 6.35. The van der Waals surface area contributed by atoms with Crippen molar-refractivity contribution in [3.63, 3.8) is 0 Å². The van der Waals surface area contributed by atoms with E-state index in [1.165, 1.54) is 0 Å². The van der Waals surface area contributed by atoms with Crippen molar-refractivity contribution in [1.82, 2.24) is 5.32 Å². The summed E-state index contributed by atoms with van der Waals surface area (Å²) in [5, 5.41) is 2.89. The largest absolute Gasteiger partial charge is 0.378 e. The molecular weight excluding hydrogens is 226 g/mol. The highest BCUT2D eigenvalue weighted by molar-refractivity contribution is 5.95. The SMILES string of the molecule is CCC(N)CCNC(=O)c1cccc(N(C)C)c1. The fourth-order valence-electron chi connectivity index (χ4n) is 1.60. The van der Waals surface area contributed by atoms with E-state index in [2.05, 4.69) is 5.32 Å². The van der Waals surface area contributed by atoms with Crippen LogP contribution in [0.3, 0.4) is 0 Å². The number of anilines is 1. The van der Waals surface area contributed by atoms with Crippen molar-refractivity contribution in [2.24, 2.45) is 5.73 Å². The molecule has 0 aliphatic heterocycles. The summed E-state index contributed by atoms with van der Waals surface area (Å²) in [5.74, 6) is -0.0398. The molecule has 1 aromatic carbocycles. The molecule has 0 heterocycles. The first kappa shape index (κ1) is 14.5. The van der Waals surface area contributed by atoms with E-state index >= 15 is 0 Å². The summed E-state index contributed by atoms with van der Waals surface area (Å²) in [5.41, 5.74) is 7.51. The van der Waals surface area contributed by atoms with Crippen LogP contribution < -0.4 is 16.0 Å². The van der Waals surface area contributed by atoms with Crippen molar-refractivity contribution in [3.8, 4) is 0 Å². The highest BCUT2D eigenvalue weighted by Crippen LogP contribution is 2.13. The molecule has 0 radical (unpaired) electrons. The van der Waals surface area contributed by atoms with Crippen LogP contribution in [0.1, 0.15) is 30.1 Å². The molecule has 1 amide bonds. The quantitative estimate of drug-likeness (QED) is 0.805. The van der Waals surface area contributed by atoms with E-state index in [1.807, 2.05) is 50.2 Å². The first-order chi connectivity index (χ1) is 8.54. The van der Waals surface area contributed by atoms with Gasteiger partial charge in [0.05, 0.1) is 0 Å². The molecule has 0 spiro atoms. The molecule has 0 bridgehead atoms. The Morgan fingerprint density at radius 3 is 2.78 bits per heavy atom. The molecule has 3 N–H and O–H groups in total. The summed E-state index contributed by atoms with van der Waals surface area (Å²) < 4.78 is 0. The van der Waals surface area contributed by atoms with Gasteiger partial charge in [0.2, 0.25) is 0 Å². The number of rotatable bonds is 6. The second-order valence-corrected chi connectivity index (χ2v) is 4.66.